The van der Waals surface area contributed by atoms with Crippen molar-refractivity contribution in [2.45, 2.75) is 11.9 Å². The van der Waals surface area contributed by atoms with Crippen LogP contribution in [0.1, 0.15) is 6.92 Å². The predicted octanol–water partition coefficient (Wildman–Crippen LogP) is 5.15. The van der Waals surface area contributed by atoms with Gasteiger partial charge in [0.15, 0.2) is 0 Å². The van der Waals surface area contributed by atoms with Crippen LogP contribution in [0, 0.1) is 0 Å². The molecule has 0 aliphatic rings. The minimum absolute atomic E-state index is 0.137. The highest BCUT2D eigenvalue weighted by Gasteiger charge is 2.10. The number of methoxy groups -OCH3 is 1. The second kappa shape index (κ2) is 7.42. The zero-order valence-electron chi connectivity index (χ0n) is 13.1. The number of hydrogen-bond acceptors (Lipinski definition) is 5. The van der Waals surface area contributed by atoms with Gasteiger partial charge in [-0.1, -0.05) is 23.4 Å². The molecule has 0 saturated carbocycles. The van der Waals surface area contributed by atoms with Crippen molar-refractivity contribution in [2.75, 3.05) is 12.9 Å². The van der Waals surface area contributed by atoms with Crippen molar-refractivity contribution in [1.82, 2.24) is 10.2 Å². The predicted molar refractivity (Wildman–Crippen MR) is 100 cm³/mol. The Bertz CT molecular complexity index is 873. The van der Waals surface area contributed by atoms with E-state index in [9.17, 15) is 4.79 Å². The zero-order chi connectivity index (χ0) is 17.1. The Morgan fingerprint density at radius 2 is 2.08 bits per heavy atom. The molecule has 0 aliphatic carbocycles. The molecule has 4 nitrogen and oxygen atoms in total. The molecule has 1 aromatic carbocycles. The number of nitrogens with zero attached hydrogens (tertiary/aromatic N) is 1. The minimum Gasteiger partial charge on any atom is -0.497 e. The lowest BCUT2D eigenvalue weighted by molar-refractivity contribution is -0.114. The van der Waals surface area contributed by atoms with Gasteiger partial charge in [-0.2, -0.15) is 5.10 Å². The van der Waals surface area contributed by atoms with E-state index in [0.29, 0.717) is 10.8 Å². The lowest BCUT2D eigenvalue weighted by atomic mass is 10.2. The summed E-state index contributed by atoms with van der Waals surface area (Å²) < 4.78 is 5.27. The molecule has 2 aromatic heterocycles. The third-order valence-corrected chi connectivity index (χ3v) is 5.68. The van der Waals surface area contributed by atoms with E-state index in [1.165, 1.54) is 11.8 Å². The third kappa shape index (κ3) is 4.01. The Kier molecular flexibility index (Phi) is 5.28. The van der Waals surface area contributed by atoms with Crippen molar-refractivity contribution in [2.24, 2.45) is 0 Å². The number of hydrogen-bond donors (Lipinski definition) is 1. The maximum absolute atomic E-state index is 11.1. The van der Waals surface area contributed by atoms with Gasteiger partial charge in [-0.3, -0.25) is 9.89 Å². The van der Waals surface area contributed by atoms with Crippen LogP contribution in [-0.2, 0) is 4.79 Å². The van der Waals surface area contributed by atoms with Gasteiger partial charge in [0.2, 0.25) is 0 Å². The van der Waals surface area contributed by atoms with Crippen molar-refractivity contribution >= 4 is 40.5 Å². The van der Waals surface area contributed by atoms with Crippen LogP contribution in [0.2, 0.25) is 5.02 Å². The van der Waals surface area contributed by atoms with Gasteiger partial charge in [-0.05, 0) is 48.9 Å². The number of benzene rings is 1. The lowest BCUT2D eigenvalue weighted by Crippen LogP contribution is -1.92. The summed E-state index contributed by atoms with van der Waals surface area (Å²) in [5.41, 5.74) is 1.95. The summed E-state index contributed by atoms with van der Waals surface area (Å²) >= 11 is 9.22. The van der Waals surface area contributed by atoms with Crippen LogP contribution in [0.3, 0.4) is 0 Å². The molecule has 2 heterocycles. The number of Topliss-reactive ketones (excluding diaryl/α,β-unsaturated/α-hetero) is 1. The van der Waals surface area contributed by atoms with Crippen molar-refractivity contribution in [3.8, 4) is 26.8 Å². The highest BCUT2D eigenvalue weighted by Crippen LogP contribution is 2.37. The number of aromatic amines is 1. The molecular formula is C17H15ClN2O2S2. The molecule has 0 amide bonds. The number of aromatic nitrogens is 2. The van der Waals surface area contributed by atoms with Crippen LogP contribution >= 0.6 is 34.7 Å². The molecule has 7 heteroatoms. The monoisotopic (exact) mass is 378 g/mol. The van der Waals surface area contributed by atoms with E-state index in [4.69, 9.17) is 16.3 Å². The van der Waals surface area contributed by atoms with E-state index in [1.807, 2.05) is 30.3 Å². The molecular weight excluding hydrogens is 364 g/mol. The number of ketones is 1. The smallest absolute Gasteiger partial charge is 0.140 e. The normalized spacial score (nSPS) is 10.8. The molecule has 0 spiro atoms. The fourth-order valence-electron chi connectivity index (χ4n) is 2.14. The van der Waals surface area contributed by atoms with E-state index >= 15 is 0 Å². The van der Waals surface area contributed by atoms with Crippen LogP contribution in [0.25, 0.3) is 21.0 Å². The SMILES string of the molecule is COc1cc(Cl)cc(-c2ccc(-c3cc(SCC(C)=O)n[nH]3)s2)c1. The van der Waals surface area contributed by atoms with Crippen molar-refractivity contribution < 1.29 is 9.53 Å². The maximum atomic E-state index is 11.1. The van der Waals surface area contributed by atoms with Crippen LogP contribution in [0.5, 0.6) is 5.75 Å². The highest BCUT2D eigenvalue weighted by atomic mass is 35.5. The largest absolute Gasteiger partial charge is 0.497 e. The summed E-state index contributed by atoms with van der Waals surface area (Å²) in [7, 11) is 1.63. The minimum atomic E-state index is 0.137. The van der Waals surface area contributed by atoms with Gasteiger partial charge in [0.1, 0.15) is 16.6 Å². The molecule has 0 bridgehead atoms. The van der Waals surface area contributed by atoms with Crippen LogP contribution in [-0.4, -0.2) is 28.8 Å². The molecule has 0 saturated heterocycles. The Balaban J connectivity index is 1.83. The molecule has 1 N–H and O–H groups in total. The van der Waals surface area contributed by atoms with Gasteiger partial charge >= 0.3 is 0 Å². The van der Waals surface area contributed by atoms with E-state index in [0.717, 1.165) is 31.8 Å². The fraction of sp³-hybridized carbons (Fsp3) is 0.176. The number of halogens is 1. The van der Waals surface area contributed by atoms with Gasteiger partial charge in [-0.15, -0.1) is 11.3 Å². The summed E-state index contributed by atoms with van der Waals surface area (Å²) in [5, 5.41) is 8.72. The molecule has 3 aromatic rings. The highest BCUT2D eigenvalue weighted by molar-refractivity contribution is 7.99. The van der Waals surface area contributed by atoms with E-state index in [2.05, 4.69) is 10.2 Å². The van der Waals surface area contributed by atoms with Gasteiger partial charge < -0.3 is 4.74 Å². The first-order valence-corrected chi connectivity index (χ1v) is 9.36. The average Bonchev–Trinajstić information content (AvgIpc) is 3.21. The lowest BCUT2D eigenvalue weighted by Gasteiger charge is -2.04. The topological polar surface area (TPSA) is 55.0 Å². The number of carbonyl (C=O) groups is 1. The number of thioether (sulfide) groups is 1. The first-order valence-electron chi connectivity index (χ1n) is 7.18. The van der Waals surface area contributed by atoms with Crippen LogP contribution in [0.15, 0.2) is 41.4 Å². The van der Waals surface area contributed by atoms with Crippen molar-refractivity contribution in [3.63, 3.8) is 0 Å². The van der Waals surface area contributed by atoms with Crippen LogP contribution in [0.4, 0.5) is 0 Å². The zero-order valence-corrected chi connectivity index (χ0v) is 15.5. The number of nitrogens with one attached hydrogen (secondary N) is 1. The molecule has 124 valence electrons. The number of ether oxygens (including phenoxy) is 1. The summed E-state index contributed by atoms with van der Waals surface area (Å²) in [6, 6.07) is 11.7. The number of rotatable bonds is 6. The summed E-state index contributed by atoms with van der Waals surface area (Å²) in [5.74, 6) is 1.30. The first-order chi connectivity index (χ1) is 11.5. The van der Waals surface area contributed by atoms with Crippen molar-refractivity contribution in [1.29, 1.82) is 0 Å². The van der Waals surface area contributed by atoms with Gasteiger partial charge in [0.25, 0.3) is 0 Å². The molecule has 0 atom stereocenters. The van der Waals surface area contributed by atoms with Gasteiger partial charge in [-0.25, -0.2) is 0 Å². The molecule has 3 rings (SSSR count). The maximum Gasteiger partial charge on any atom is 0.140 e. The molecule has 24 heavy (non-hydrogen) atoms. The van der Waals surface area contributed by atoms with Gasteiger partial charge in [0.05, 0.1) is 23.4 Å². The Hall–Kier alpha value is -1.76. The van der Waals surface area contributed by atoms with E-state index < -0.39 is 0 Å². The van der Waals surface area contributed by atoms with Crippen molar-refractivity contribution in [3.05, 3.63) is 41.4 Å². The number of carbonyl (C=O) groups excluding carboxylic acids is 1. The summed E-state index contributed by atoms with van der Waals surface area (Å²) in [6.45, 7) is 1.57. The Morgan fingerprint density at radius 3 is 2.83 bits per heavy atom. The third-order valence-electron chi connectivity index (χ3n) is 3.24. The molecule has 0 radical (unpaired) electrons. The number of thiophene rings is 1. The average molecular weight is 379 g/mol. The number of H-pyrrole nitrogens is 1. The second-order valence-electron chi connectivity index (χ2n) is 5.15. The molecule has 0 aliphatic heterocycles. The quantitative estimate of drug-likeness (QED) is 0.603. The summed E-state index contributed by atoms with van der Waals surface area (Å²) in [6.07, 6.45) is 0. The molecule has 0 unspecified atom stereocenters. The second-order valence-corrected chi connectivity index (χ2v) is 7.67. The van der Waals surface area contributed by atoms with E-state index in [1.54, 1.807) is 31.4 Å². The fourth-order valence-corrected chi connectivity index (χ4v) is 3.99. The standard InChI is InChI=1S/C17H15ClN2O2S2/c1-10(21)9-23-17-8-14(19-20-17)16-4-3-15(24-16)11-5-12(18)7-13(6-11)22-2/h3-8H,9H2,1-2H3,(H,19,20). The first kappa shape index (κ1) is 17.1. The Morgan fingerprint density at radius 1 is 1.29 bits per heavy atom. The summed E-state index contributed by atoms with van der Waals surface area (Å²) in [4.78, 5) is 13.2. The van der Waals surface area contributed by atoms with Gasteiger partial charge in [0, 0.05) is 9.90 Å². The van der Waals surface area contributed by atoms with Crippen LogP contribution < -0.4 is 4.74 Å². The molecule has 0 fully saturated rings. The van der Waals surface area contributed by atoms with E-state index in [-0.39, 0.29) is 5.78 Å². The Labute approximate surface area is 153 Å².